The molecule has 0 N–H and O–H groups in total. The lowest BCUT2D eigenvalue weighted by Crippen LogP contribution is -1.91. The Morgan fingerprint density at radius 1 is 1.75 bits per heavy atom. The highest BCUT2D eigenvalue weighted by molar-refractivity contribution is 5.94. The van der Waals surface area contributed by atoms with Crippen LogP contribution in [0.1, 0.15) is 19.3 Å². The van der Waals surface area contributed by atoms with E-state index >= 15 is 0 Å². The number of rotatable bonds is 2. The van der Waals surface area contributed by atoms with E-state index in [-0.39, 0.29) is 0 Å². The summed E-state index contributed by atoms with van der Waals surface area (Å²) in [5, 5.41) is 0. The molecule has 0 amide bonds. The zero-order chi connectivity index (χ0) is 5.82. The minimum atomic E-state index is 0.556. The highest BCUT2D eigenvalue weighted by Crippen LogP contribution is 2.04. The largest absolute Gasteiger partial charge is 0.303 e. The van der Waals surface area contributed by atoms with Crippen LogP contribution in [-0.2, 0) is 4.79 Å². The zero-order valence-electron chi connectivity index (χ0n) is 4.76. The van der Waals surface area contributed by atoms with Crippen LogP contribution in [0.15, 0.2) is 4.99 Å². The van der Waals surface area contributed by atoms with E-state index in [1.54, 1.807) is 0 Å². The van der Waals surface area contributed by atoms with Gasteiger partial charge in [-0.2, -0.15) is 0 Å². The molecule has 8 heavy (non-hydrogen) atoms. The Kier molecular flexibility index (Phi) is 1.78. The quantitative estimate of drug-likeness (QED) is 0.485. The average Bonchev–Trinajstić information content (AvgIpc) is 2.19. The molecule has 1 aliphatic heterocycles. The molecule has 0 bridgehead atoms. The van der Waals surface area contributed by atoms with Crippen molar-refractivity contribution in [1.82, 2.24) is 0 Å². The van der Waals surface area contributed by atoms with Crippen LogP contribution < -0.4 is 0 Å². The normalized spacial score (nSPS) is 18.2. The van der Waals surface area contributed by atoms with E-state index in [0.717, 1.165) is 31.4 Å². The Balaban J connectivity index is 2.33. The Hall–Kier alpha value is -0.660. The molecule has 2 heteroatoms. The first-order valence-electron chi connectivity index (χ1n) is 2.89. The van der Waals surface area contributed by atoms with Gasteiger partial charge < -0.3 is 4.79 Å². The Morgan fingerprint density at radius 3 is 3.12 bits per heavy atom. The van der Waals surface area contributed by atoms with Crippen LogP contribution in [0.5, 0.6) is 0 Å². The van der Waals surface area contributed by atoms with Crippen LogP contribution in [0.3, 0.4) is 0 Å². The predicted molar refractivity (Wildman–Crippen MR) is 32.2 cm³/mol. The number of carbonyl (C=O) groups is 1. The molecule has 0 fully saturated rings. The molecule has 0 aromatic heterocycles. The first-order chi connectivity index (χ1) is 3.93. The van der Waals surface area contributed by atoms with Gasteiger partial charge in [-0.3, -0.25) is 4.99 Å². The van der Waals surface area contributed by atoms with E-state index in [9.17, 15) is 4.79 Å². The van der Waals surface area contributed by atoms with Crippen molar-refractivity contribution in [2.75, 3.05) is 6.54 Å². The van der Waals surface area contributed by atoms with Crippen LogP contribution in [0, 0.1) is 0 Å². The van der Waals surface area contributed by atoms with Crippen molar-refractivity contribution in [1.29, 1.82) is 0 Å². The lowest BCUT2D eigenvalue weighted by molar-refractivity contribution is -0.106. The van der Waals surface area contributed by atoms with Crippen molar-refractivity contribution in [2.45, 2.75) is 19.3 Å². The summed E-state index contributed by atoms with van der Waals surface area (Å²) in [6, 6.07) is 0. The van der Waals surface area contributed by atoms with E-state index in [1.165, 1.54) is 0 Å². The summed E-state index contributed by atoms with van der Waals surface area (Å²) < 4.78 is 0. The average molecular weight is 111 g/mol. The second kappa shape index (κ2) is 2.60. The van der Waals surface area contributed by atoms with Gasteiger partial charge >= 0.3 is 0 Å². The molecule has 0 aromatic carbocycles. The third-order valence-corrected chi connectivity index (χ3v) is 1.28. The van der Waals surface area contributed by atoms with Crippen molar-refractivity contribution < 1.29 is 4.79 Å². The minimum Gasteiger partial charge on any atom is -0.303 e. The van der Waals surface area contributed by atoms with Gasteiger partial charge in [-0.25, -0.2) is 0 Å². The predicted octanol–water partition coefficient (Wildman–Crippen LogP) is 0.810. The van der Waals surface area contributed by atoms with E-state index in [2.05, 4.69) is 4.99 Å². The number of aldehydes is 1. The third kappa shape index (κ3) is 1.15. The molecule has 0 atom stereocenters. The highest BCUT2D eigenvalue weighted by atomic mass is 16.1. The Labute approximate surface area is 48.6 Å². The summed E-state index contributed by atoms with van der Waals surface area (Å²) in [6.07, 6.45) is 3.66. The highest BCUT2D eigenvalue weighted by Gasteiger charge is 2.03. The summed E-state index contributed by atoms with van der Waals surface area (Å²) in [5.41, 5.74) is 1.08. The van der Waals surface area contributed by atoms with E-state index in [0.29, 0.717) is 6.42 Å². The SMILES string of the molecule is O=CCC1=NCCC1. The van der Waals surface area contributed by atoms with Crippen LogP contribution >= 0.6 is 0 Å². The number of hydrogen-bond donors (Lipinski definition) is 0. The maximum atomic E-state index is 9.88. The zero-order valence-corrected chi connectivity index (χ0v) is 4.76. The van der Waals surface area contributed by atoms with Crippen molar-refractivity contribution in [3.63, 3.8) is 0 Å². The van der Waals surface area contributed by atoms with Gasteiger partial charge in [0, 0.05) is 18.7 Å². The molecular weight excluding hydrogens is 102 g/mol. The maximum absolute atomic E-state index is 9.88. The second-order valence-electron chi connectivity index (χ2n) is 1.92. The first kappa shape index (κ1) is 5.48. The Morgan fingerprint density at radius 2 is 2.62 bits per heavy atom. The number of nitrogens with zero attached hydrogens (tertiary/aromatic N) is 1. The standard InChI is InChI=1S/C6H9NO/c8-5-3-6-2-1-4-7-6/h5H,1-4H2. The smallest absolute Gasteiger partial charge is 0.125 e. The second-order valence-corrected chi connectivity index (χ2v) is 1.92. The van der Waals surface area contributed by atoms with Gasteiger partial charge in [-0.1, -0.05) is 0 Å². The van der Waals surface area contributed by atoms with Crippen molar-refractivity contribution >= 4 is 12.0 Å². The fourth-order valence-electron chi connectivity index (χ4n) is 0.862. The summed E-state index contributed by atoms with van der Waals surface area (Å²) in [7, 11) is 0. The number of hydrogen-bond acceptors (Lipinski definition) is 2. The summed E-state index contributed by atoms with van der Waals surface area (Å²) >= 11 is 0. The van der Waals surface area contributed by atoms with Crippen LogP contribution in [0.2, 0.25) is 0 Å². The number of carbonyl (C=O) groups excluding carboxylic acids is 1. The fraction of sp³-hybridized carbons (Fsp3) is 0.667. The topological polar surface area (TPSA) is 29.4 Å². The fourth-order valence-corrected chi connectivity index (χ4v) is 0.862. The molecule has 1 heterocycles. The van der Waals surface area contributed by atoms with Gasteiger partial charge in [-0.15, -0.1) is 0 Å². The summed E-state index contributed by atoms with van der Waals surface area (Å²) in [6.45, 7) is 0.934. The van der Waals surface area contributed by atoms with Crippen molar-refractivity contribution in [3.05, 3.63) is 0 Å². The molecular formula is C6H9NO. The molecule has 2 nitrogen and oxygen atoms in total. The molecule has 1 rings (SSSR count). The molecule has 0 unspecified atom stereocenters. The molecule has 0 radical (unpaired) electrons. The molecule has 0 spiro atoms. The van der Waals surface area contributed by atoms with Crippen molar-refractivity contribution in [2.24, 2.45) is 4.99 Å². The minimum absolute atomic E-state index is 0.556. The van der Waals surface area contributed by atoms with Gasteiger partial charge in [0.05, 0.1) is 0 Å². The van der Waals surface area contributed by atoms with Crippen LogP contribution in [0.25, 0.3) is 0 Å². The van der Waals surface area contributed by atoms with Crippen molar-refractivity contribution in [3.8, 4) is 0 Å². The first-order valence-corrected chi connectivity index (χ1v) is 2.89. The van der Waals surface area contributed by atoms with Gasteiger partial charge in [0.15, 0.2) is 0 Å². The Bertz CT molecular complexity index is 118. The lowest BCUT2D eigenvalue weighted by Gasteiger charge is -1.85. The van der Waals surface area contributed by atoms with Crippen LogP contribution in [0.4, 0.5) is 0 Å². The van der Waals surface area contributed by atoms with Gasteiger partial charge in [0.1, 0.15) is 6.29 Å². The molecule has 1 aliphatic rings. The molecule has 0 saturated heterocycles. The molecule has 0 aromatic rings. The molecule has 0 saturated carbocycles. The van der Waals surface area contributed by atoms with Gasteiger partial charge in [0.2, 0.25) is 0 Å². The third-order valence-electron chi connectivity index (χ3n) is 1.28. The maximum Gasteiger partial charge on any atom is 0.125 e. The summed E-state index contributed by atoms with van der Waals surface area (Å²) in [5.74, 6) is 0. The lowest BCUT2D eigenvalue weighted by atomic mass is 10.2. The molecule has 0 aliphatic carbocycles. The van der Waals surface area contributed by atoms with Gasteiger partial charge in [-0.05, 0) is 12.8 Å². The van der Waals surface area contributed by atoms with Gasteiger partial charge in [0.25, 0.3) is 0 Å². The summed E-state index contributed by atoms with van der Waals surface area (Å²) in [4.78, 5) is 14.0. The van der Waals surface area contributed by atoms with E-state index < -0.39 is 0 Å². The van der Waals surface area contributed by atoms with Crippen LogP contribution in [-0.4, -0.2) is 18.5 Å². The monoisotopic (exact) mass is 111 g/mol. The number of aliphatic imine (C=N–C) groups is 1. The van der Waals surface area contributed by atoms with E-state index in [1.807, 2.05) is 0 Å². The molecule has 44 valence electrons. The van der Waals surface area contributed by atoms with E-state index in [4.69, 9.17) is 0 Å².